The van der Waals surface area contributed by atoms with Crippen molar-refractivity contribution < 1.29 is 4.79 Å². The van der Waals surface area contributed by atoms with Gasteiger partial charge in [-0.1, -0.05) is 60.7 Å². The highest BCUT2D eigenvalue weighted by atomic mass is 16.1. The van der Waals surface area contributed by atoms with E-state index < -0.39 is 0 Å². The topological polar surface area (TPSA) is 61.6 Å². The molecular formula is C25H28N4O. The van der Waals surface area contributed by atoms with Gasteiger partial charge in [0.15, 0.2) is 0 Å². The van der Waals surface area contributed by atoms with E-state index in [2.05, 4.69) is 75.8 Å². The molecule has 0 aliphatic carbocycles. The summed E-state index contributed by atoms with van der Waals surface area (Å²) in [4.78, 5) is 17.2. The average molecular weight is 401 g/mol. The molecule has 0 aromatic heterocycles. The monoisotopic (exact) mass is 400 g/mol. The van der Waals surface area contributed by atoms with Gasteiger partial charge in [0.05, 0.1) is 11.6 Å². The Morgan fingerprint density at radius 1 is 0.867 bits per heavy atom. The Morgan fingerprint density at radius 3 is 1.97 bits per heavy atom. The molecule has 3 aromatic rings. The van der Waals surface area contributed by atoms with E-state index >= 15 is 0 Å². The van der Waals surface area contributed by atoms with Crippen LogP contribution in [0.25, 0.3) is 0 Å². The normalized spacial score (nSPS) is 14.7. The van der Waals surface area contributed by atoms with Gasteiger partial charge in [-0.2, -0.15) is 0 Å². The molecule has 0 spiro atoms. The average Bonchev–Trinajstić information content (AvgIpc) is 2.81. The maximum absolute atomic E-state index is 12.4. The fourth-order valence-electron chi connectivity index (χ4n) is 4.25. The maximum atomic E-state index is 12.4. The van der Waals surface area contributed by atoms with E-state index in [9.17, 15) is 4.79 Å². The van der Waals surface area contributed by atoms with Crippen LogP contribution in [0.2, 0.25) is 0 Å². The number of nitrogen functional groups attached to an aromatic ring is 1. The molecule has 0 unspecified atom stereocenters. The third-order valence-corrected chi connectivity index (χ3v) is 5.74. The van der Waals surface area contributed by atoms with Crippen molar-refractivity contribution in [3.05, 3.63) is 95.6 Å². The SMILES string of the molecule is CNC(=O)c1cc(N)ccc1N1CCN(C(c2ccccc2)c2ccccc2)CC1. The summed E-state index contributed by atoms with van der Waals surface area (Å²) in [6.07, 6.45) is 0. The lowest BCUT2D eigenvalue weighted by molar-refractivity contribution is 0.0963. The Hall–Kier alpha value is -3.31. The predicted octanol–water partition coefficient (Wildman–Crippen LogP) is 3.54. The number of amides is 1. The molecule has 154 valence electrons. The van der Waals surface area contributed by atoms with Gasteiger partial charge in [0, 0.05) is 44.6 Å². The molecule has 4 rings (SSSR count). The number of carbonyl (C=O) groups excluding carboxylic acids is 1. The number of rotatable bonds is 5. The van der Waals surface area contributed by atoms with Crippen LogP contribution in [0.4, 0.5) is 11.4 Å². The van der Waals surface area contributed by atoms with E-state index in [0.717, 1.165) is 31.9 Å². The van der Waals surface area contributed by atoms with Crippen LogP contribution in [0.3, 0.4) is 0 Å². The molecule has 0 bridgehead atoms. The predicted molar refractivity (Wildman–Crippen MR) is 123 cm³/mol. The number of piperazine rings is 1. The molecule has 0 saturated carbocycles. The van der Waals surface area contributed by atoms with Crippen LogP contribution in [-0.4, -0.2) is 44.0 Å². The molecule has 30 heavy (non-hydrogen) atoms. The highest BCUT2D eigenvalue weighted by Crippen LogP contribution is 2.31. The zero-order chi connectivity index (χ0) is 20.9. The number of carbonyl (C=O) groups is 1. The summed E-state index contributed by atoms with van der Waals surface area (Å²) < 4.78 is 0. The van der Waals surface area contributed by atoms with Crippen LogP contribution >= 0.6 is 0 Å². The van der Waals surface area contributed by atoms with Gasteiger partial charge in [0.25, 0.3) is 5.91 Å². The van der Waals surface area contributed by atoms with Crippen LogP contribution in [0.15, 0.2) is 78.9 Å². The standard InChI is InChI=1S/C25H28N4O/c1-27-25(30)22-18-21(26)12-13-23(22)28-14-16-29(17-15-28)24(19-8-4-2-5-9-19)20-10-6-3-7-11-20/h2-13,18,24H,14-17,26H2,1H3,(H,27,30). The minimum Gasteiger partial charge on any atom is -0.399 e. The Bertz CT molecular complexity index is 943. The first-order valence-electron chi connectivity index (χ1n) is 10.4. The molecular weight excluding hydrogens is 372 g/mol. The third kappa shape index (κ3) is 4.16. The lowest BCUT2D eigenvalue weighted by Crippen LogP contribution is -2.48. The smallest absolute Gasteiger partial charge is 0.253 e. The van der Waals surface area contributed by atoms with E-state index in [0.29, 0.717) is 11.3 Å². The molecule has 1 aliphatic rings. The molecule has 1 saturated heterocycles. The molecule has 1 aliphatic heterocycles. The van der Waals surface area contributed by atoms with Gasteiger partial charge in [-0.25, -0.2) is 0 Å². The minimum atomic E-state index is -0.105. The Morgan fingerprint density at radius 2 is 1.43 bits per heavy atom. The Kier molecular flexibility index (Phi) is 6.00. The quantitative estimate of drug-likeness (QED) is 0.643. The molecule has 5 nitrogen and oxygen atoms in total. The van der Waals surface area contributed by atoms with E-state index in [1.54, 1.807) is 13.1 Å². The second-order valence-corrected chi connectivity index (χ2v) is 7.60. The number of anilines is 2. The summed E-state index contributed by atoms with van der Waals surface area (Å²) >= 11 is 0. The van der Waals surface area contributed by atoms with Crippen LogP contribution < -0.4 is 16.0 Å². The number of hydrogen-bond donors (Lipinski definition) is 2. The maximum Gasteiger partial charge on any atom is 0.253 e. The van der Waals surface area contributed by atoms with Crippen LogP contribution in [-0.2, 0) is 0 Å². The van der Waals surface area contributed by atoms with Gasteiger partial charge in [0.2, 0.25) is 0 Å². The van der Waals surface area contributed by atoms with Gasteiger partial charge in [-0.05, 0) is 29.3 Å². The van der Waals surface area contributed by atoms with Gasteiger partial charge in [-0.15, -0.1) is 0 Å². The van der Waals surface area contributed by atoms with Crippen molar-refractivity contribution >= 4 is 17.3 Å². The van der Waals surface area contributed by atoms with Gasteiger partial charge < -0.3 is 16.0 Å². The zero-order valence-electron chi connectivity index (χ0n) is 17.3. The van der Waals surface area contributed by atoms with Gasteiger partial charge >= 0.3 is 0 Å². The molecule has 1 amide bonds. The molecule has 1 fully saturated rings. The second kappa shape index (κ2) is 9.01. The zero-order valence-corrected chi connectivity index (χ0v) is 17.3. The summed E-state index contributed by atoms with van der Waals surface area (Å²) in [6.45, 7) is 3.52. The first-order chi connectivity index (χ1) is 14.7. The Labute approximate surface area is 178 Å². The van der Waals surface area contributed by atoms with Crippen LogP contribution in [0, 0.1) is 0 Å². The van der Waals surface area contributed by atoms with Gasteiger partial charge in [0.1, 0.15) is 0 Å². The van der Waals surface area contributed by atoms with Crippen molar-refractivity contribution in [2.45, 2.75) is 6.04 Å². The first-order valence-corrected chi connectivity index (χ1v) is 10.4. The van der Waals surface area contributed by atoms with E-state index in [-0.39, 0.29) is 11.9 Å². The van der Waals surface area contributed by atoms with Crippen molar-refractivity contribution in [2.75, 3.05) is 43.9 Å². The molecule has 5 heteroatoms. The fourth-order valence-corrected chi connectivity index (χ4v) is 4.25. The second-order valence-electron chi connectivity index (χ2n) is 7.60. The molecule has 0 radical (unpaired) electrons. The number of nitrogens with one attached hydrogen (secondary N) is 1. The van der Waals surface area contributed by atoms with E-state index in [1.165, 1.54) is 11.1 Å². The summed E-state index contributed by atoms with van der Waals surface area (Å²) in [6, 6.07) is 27.1. The van der Waals surface area contributed by atoms with Crippen molar-refractivity contribution in [2.24, 2.45) is 0 Å². The summed E-state index contributed by atoms with van der Waals surface area (Å²) in [5.74, 6) is -0.105. The highest BCUT2D eigenvalue weighted by Gasteiger charge is 2.27. The van der Waals surface area contributed by atoms with Crippen molar-refractivity contribution in [3.63, 3.8) is 0 Å². The van der Waals surface area contributed by atoms with Crippen molar-refractivity contribution in [1.29, 1.82) is 0 Å². The third-order valence-electron chi connectivity index (χ3n) is 5.74. The van der Waals surface area contributed by atoms with Crippen molar-refractivity contribution in [3.8, 4) is 0 Å². The highest BCUT2D eigenvalue weighted by molar-refractivity contribution is 6.00. The Balaban J connectivity index is 1.57. The lowest BCUT2D eigenvalue weighted by Gasteiger charge is -2.41. The minimum absolute atomic E-state index is 0.105. The first kappa shape index (κ1) is 20.0. The summed E-state index contributed by atoms with van der Waals surface area (Å²) in [5, 5.41) is 2.73. The number of benzene rings is 3. The summed E-state index contributed by atoms with van der Waals surface area (Å²) in [7, 11) is 1.65. The molecule has 3 N–H and O–H groups in total. The summed E-state index contributed by atoms with van der Waals surface area (Å²) in [5.41, 5.74) is 10.7. The van der Waals surface area contributed by atoms with Crippen LogP contribution in [0.5, 0.6) is 0 Å². The lowest BCUT2D eigenvalue weighted by atomic mass is 9.96. The van der Waals surface area contributed by atoms with Crippen LogP contribution in [0.1, 0.15) is 27.5 Å². The molecule has 0 atom stereocenters. The largest absolute Gasteiger partial charge is 0.399 e. The van der Waals surface area contributed by atoms with Gasteiger partial charge in [-0.3, -0.25) is 9.69 Å². The number of hydrogen-bond acceptors (Lipinski definition) is 4. The number of nitrogens with two attached hydrogens (primary N) is 1. The number of nitrogens with zero attached hydrogens (tertiary/aromatic N) is 2. The van der Waals surface area contributed by atoms with E-state index in [4.69, 9.17) is 5.73 Å². The fraction of sp³-hybridized carbons (Fsp3) is 0.240. The molecule has 3 aromatic carbocycles. The van der Waals surface area contributed by atoms with Crippen molar-refractivity contribution in [1.82, 2.24) is 10.2 Å². The van der Waals surface area contributed by atoms with E-state index in [1.807, 2.05) is 12.1 Å². The molecule has 1 heterocycles.